The van der Waals surface area contributed by atoms with Gasteiger partial charge in [-0.25, -0.2) is 0 Å². The Labute approximate surface area is 199 Å². The van der Waals surface area contributed by atoms with Crippen LogP contribution in [0.25, 0.3) is 0 Å². The molecule has 0 heterocycles. The Morgan fingerprint density at radius 3 is 1.41 bits per heavy atom. The topological polar surface area (TPSA) is 129 Å². The van der Waals surface area contributed by atoms with E-state index in [0.29, 0.717) is 25.7 Å². The summed E-state index contributed by atoms with van der Waals surface area (Å²) in [6, 6.07) is 0. The Balaban J connectivity index is -0.00000364. The van der Waals surface area contributed by atoms with E-state index >= 15 is 0 Å². The van der Waals surface area contributed by atoms with Crippen molar-refractivity contribution >= 4 is 22.1 Å². The summed E-state index contributed by atoms with van der Waals surface area (Å²) in [5, 5.41) is 16.9. The number of hydrogen-bond donors (Lipinski definition) is 3. The average molecular weight is 447 g/mol. The monoisotopic (exact) mass is 446 g/mol. The summed E-state index contributed by atoms with van der Waals surface area (Å²) in [7, 11) is -5.05. The normalized spacial score (nSPS) is 12.9. The molecule has 0 aromatic carbocycles. The molecule has 0 aromatic heterocycles. The summed E-state index contributed by atoms with van der Waals surface area (Å²) in [6.45, 7) is 4.17. The van der Waals surface area contributed by atoms with E-state index in [1.54, 1.807) is 0 Å². The van der Waals surface area contributed by atoms with Crippen molar-refractivity contribution < 1.29 is 63.8 Å². The standard InChI is InChI=1S/C20H38O7S.Na.H/c1-3-5-7-9-11-13-15-20(19(23)24,16-14-12-10-8-6-4-2)17(18(21)22)28(25,26)27;;/h17H,3-16H2,1-2H3,(H,21,22)(H,23,24)(H,25,26,27);;/q;+1;-1. The van der Waals surface area contributed by atoms with E-state index in [1.807, 2.05) is 0 Å². The molecule has 168 valence electrons. The van der Waals surface area contributed by atoms with Crippen LogP contribution in [0.5, 0.6) is 0 Å². The maximum atomic E-state index is 12.1. The van der Waals surface area contributed by atoms with Gasteiger partial charge in [-0.1, -0.05) is 90.9 Å². The van der Waals surface area contributed by atoms with Gasteiger partial charge in [0.1, 0.15) is 0 Å². The second kappa shape index (κ2) is 16.5. The minimum atomic E-state index is -5.05. The fourth-order valence-electron chi connectivity index (χ4n) is 3.80. The molecule has 0 bridgehead atoms. The van der Waals surface area contributed by atoms with Gasteiger partial charge in [-0.3, -0.25) is 14.1 Å². The minimum absolute atomic E-state index is 0. The zero-order valence-electron chi connectivity index (χ0n) is 19.4. The van der Waals surface area contributed by atoms with Gasteiger partial charge < -0.3 is 11.6 Å². The molecule has 1 atom stereocenters. The van der Waals surface area contributed by atoms with Crippen molar-refractivity contribution in [2.24, 2.45) is 5.41 Å². The molecule has 7 nitrogen and oxygen atoms in total. The molecule has 9 heteroatoms. The number of carboxylic acid groups (broad SMARTS) is 2. The molecule has 0 fully saturated rings. The summed E-state index contributed by atoms with van der Waals surface area (Å²) in [5.41, 5.74) is -2.01. The molecular weight excluding hydrogens is 407 g/mol. The van der Waals surface area contributed by atoms with Gasteiger partial charge in [-0.05, 0) is 12.8 Å². The molecule has 0 rings (SSSR count). The second-order valence-electron chi connectivity index (χ2n) is 7.73. The molecule has 0 saturated heterocycles. The molecule has 0 radical (unpaired) electrons. The zero-order valence-corrected chi connectivity index (χ0v) is 21.2. The third-order valence-electron chi connectivity index (χ3n) is 5.40. The van der Waals surface area contributed by atoms with E-state index in [2.05, 4.69) is 13.8 Å². The molecule has 0 aliphatic carbocycles. The molecule has 1 unspecified atom stereocenters. The van der Waals surface area contributed by atoms with E-state index in [-0.39, 0.29) is 43.8 Å². The van der Waals surface area contributed by atoms with Crippen LogP contribution >= 0.6 is 0 Å². The molecule has 0 spiro atoms. The number of carboxylic acids is 2. The van der Waals surface area contributed by atoms with Gasteiger partial charge in [0.25, 0.3) is 10.1 Å². The van der Waals surface area contributed by atoms with E-state index in [1.165, 1.54) is 0 Å². The Kier molecular flexibility index (Phi) is 17.7. The van der Waals surface area contributed by atoms with Crippen LogP contribution in [0, 0.1) is 5.41 Å². The summed E-state index contributed by atoms with van der Waals surface area (Å²) in [5.74, 6) is -3.26. The van der Waals surface area contributed by atoms with Crippen LogP contribution in [0.4, 0.5) is 0 Å². The van der Waals surface area contributed by atoms with Crippen molar-refractivity contribution in [1.82, 2.24) is 0 Å². The van der Waals surface area contributed by atoms with Crippen molar-refractivity contribution in [3.63, 3.8) is 0 Å². The van der Waals surface area contributed by atoms with Gasteiger partial charge in [0.05, 0.1) is 5.41 Å². The fourth-order valence-corrected chi connectivity index (χ4v) is 4.97. The number of rotatable bonds is 18. The Bertz CT molecular complexity index is 554. The van der Waals surface area contributed by atoms with Crippen LogP contribution in [-0.2, 0) is 19.7 Å². The molecular formula is C20H39NaO7S. The summed E-state index contributed by atoms with van der Waals surface area (Å²) in [4.78, 5) is 23.8. The second-order valence-corrected chi connectivity index (χ2v) is 9.23. The van der Waals surface area contributed by atoms with Gasteiger partial charge in [0, 0.05) is 0 Å². The van der Waals surface area contributed by atoms with Gasteiger partial charge in [-0.15, -0.1) is 0 Å². The average Bonchev–Trinajstić information content (AvgIpc) is 2.58. The van der Waals surface area contributed by atoms with Crippen LogP contribution in [0.1, 0.15) is 105 Å². The Morgan fingerprint density at radius 2 is 1.14 bits per heavy atom. The van der Waals surface area contributed by atoms with Crippen LogP contribution in [0.15, 0.2) is 0 Å². The fraction of sp³-hybridized carbons (Fsp3) is 0.900. The van der Waals surface area contributed by atoms with E-state index in [4.69, 9.17) is 0 Å². The SMILES string of the molecule is CCCCCCCCC(CCCCCCCC)(C(=O)O)C(C(=O)O)S(=O)(=O)O.[H-].[Na+]. The molecule has 0 aromatic rings. The molecule has 29 heavy (non-hydrogen) atoms. The predicted octanol–water partition coefficient (Wildman–Crippen LogP) is 2.02. The molecule has 0 saturated carbocycles. The summed E-state index contributed by atoms with van der Waals surface area (Å²) >= 11 is 0. The van der Waals surface area contributed by atoms with E-state index < -0.39 is 32.7 Å². The largest absolute Gasteiger partial charge is 1.00 e. The van der Waals surface area contributed by atoms with Crippen LogP contribution in [0.2, 0.25) is 0 Å². The number of unbranched alkanes of at least 4 members (excludes halogenated alkanes) is 10. The van der Waals surface area contributed by atoms with Crippen molar-refractivity contribution in [2.45, 2.75) is 109 Å². The zero-order chi connectivity index (χ0) is 21.6. The quantitative estimate of drug-likeness (QED) is 0.167. The van der Waals surface area contributed by atoms with Crippen LogP contribution in [0.3, 0.4) is 0 Å². The van der Waals surface area contributed by atoms with Gasteiger partial charge in [-0.2, -0.15) is 8.42 Å². The Morgan fingerprint density at radius 1 is 0.793 bits per heavy atom. The third kappa shape index (κ3) is 11.7. The summed E-state index contributed by atoms with van der Waals surface area (Å²) < 4.78 is 33.1. The molecule has 0 amide bonds. The number of carbonyl (C=O) groups is 2. The first-order valence-corrected chi connectivity index (χ1v) is 12.1. The number of aliphatic carboxylic acids is 2. The van der Waals surface area contributed by atoms with Gasteiger partial charge in [0.2, 0.25) is 0 Å². The van der Waals surface area contributed by atoms with Crippen molar-refractivity contribution in [1.29, 1.82) is 0 Å². The van der Waals surface area contributed by atoms with E-state index in [9.17, 15) is 32.8 Å². The third-order valence-corrected chi connectivity index (χ3v) is 6.65. The van der Waals surface area contributed by atoms with Crippen molar-refractivity contribution in [3.8, 4) is 0 Å². The van der Waals surface area contributed by atoms with Gasteiger partial charge in [0.15, 0.2) is 5.25 Å². The number of hydrogen-bond acceptors (Lipinski definition) is 4. The first-order valence-electron chi connectivity index (χ1n) is 10.6. The first kappa shape index (κ1) is 31.0. The van der Waals surface area contributed by atoms with Crippen molar-refractivity contribution in [3.05, 3.63) is 0 Å². The van der Waals surface area contributed by atoms with Crippen LogP contribution in [-0.4, -0.2) is 40.4 Å². The smallest absolute Gasteiger partial charge is 1.00 e. The maximum absolute atomic E-state index is 12.1. The van der Waals surface area contributed by atoms with Crippen molar-refractivity contribution in [2.75, 3.05) is 0 Å². The maximum Gasteiger partial charge on any atom is 1.00 e. The Hall–Kier alpha value is -0.150. The van der Waals surface area contributed by atoms with E-state index in [0.717, 1.165) is 51.4 Å². The van der Waals surface area contributed by atoms with Crippen LogP contribution < -0.4 is 29.6 Å². The van der Waals surface area contributed by atoms with Gasteiger partial charge >= 0.3 is 41.5 Å². The first-order chi connectivity index (χ1) is 13.1. The predicted molar refractivity (Wildman–Crippen MR) is 110 cm³/mol. The molecule has 0 aliphatic heterocycles. The summed E-state index contributed by atoms with van der Waals surface area (Å²) in [6.07, 6.45) is 10.2. The molecule has 0 aliphatic rings. The molecule has 3 N–H and O–H groups in total. The minimum Gasteiger partial charge on any atom is -1.00 e.